The fraction of sp³-hybridized carbons (Fsp3) is 0.615. The highest BCUT2D eigenvalue weighted by atomic mass is 16.5. The van der Waals surface area contributed by atoms with Crippen molar-refractivity contribution in [3.63, 3.8) is 0 Å². The van der Waals surface area contributed by atoms with Crippen LogP contribution in [0.1, 0.15) is 19.8 Å². The number of rotatable bonds is 5. The highest BCUT2D eigenvalue weighted by Crippen LogP contribution is 2.15. The Morgan fingerprint density at radius 2 is 2.29 bits per heavy atom. The molecule has 1 N–H and O–H groups in total. The second-order valence-corrected chi connectivity index (χ2v) is 4.57. The van der Waals surface area contributed by atoms with Gasteiger partial charge < -0.3 is 14.6 Å². The van der Waals surface area contributed by atoms with E-state index in [1.54, 1.807) is 12.1 Å². The van der Waals surface area contributed by atoms with Crippen LogP contribution in [0.5, 0.6) is 0 Å². The van der Waals surface area contributed by atoms with Crippen LogP contribution in [-0.2, 0) is 11.3 Å². The van der Waals surface area contributed by atoms with Gasteiger partial charge >= 0.3 is 0 Å². The lowest BCUT2D eigenvalue weighted by Crippen LogP contribution is -2.38. The van der Waals surface area contributed by atoms with Crippen molar-refractivity contribution >= 4 is 0 Å². The molecule has 94 valence electrons. The van der Waals surface area contributed by atoms with E-state index >= 15 is 0 Å². The topological polar surface area (TPSA) is 43.3 Å². The normalized spacial score (nSPS) is 21.6. The maximum absolute atomic E-state index is 10.9. The molecule has 0 amide bonds. The molecule has 0 bridgehead atoms. The van der Waals surface area contributed by atoms with Crippen LogP contribution in [0.3, 0.4) is 0 Å². The van der Waals surface area contributed by atoms with Crippen molar-refractivity contribution in [3.05, 3.63) is 34.7 Å². The third-order valence-corrected chi connectivity index (χ3v) is 3.22. The first-order valence-corrected chi connectivity index (χ1v) is 6.27. The van der Waals surface area contributed by atoms with Crippen LogP contribution in [-0.4, -0.2) is 29.9 Å². The minimum absolute atomic E-state index is 0.0573. The van der Waals surface area contributed by atoms with E-state index in [4.69, 9.17) is 4.74 Å². The fourth-order valence-corrected chi connectivity index (χ4v) is 2.14. The van der Waals surface area contributed by atoms with E-state index in [0.717, 1.165) is 26.1 Å². The molecule has 17 heavy (non-hydrogen) atoms. The highest BCUT2D eigenvalue weighted by molar-refractivity contribution is 4.93. The van der Waals surface area contributed by atoms with E-state index in [1.807, 2.05) is 17.0 Å². The summed E-state index contributed by atoms with van der Waals surface area (Å²) in [5.74, 6) is 0. The van der Waals surface area contributed by atoms with Crippen molar-refractivity contribution in [1.82, 2.24) is 9.88 Å². The van der Waals surface area contributed by atoms with Gasteiger partial charge in [-0.2, -0.15) is 0 Å². The zero-order chi connectivity index (χ0) is 12.1. The van der Waals surface area contributed by atoms with Gasteiger partial charge in [-0.15, -0.1) is 0 Å². The van der Waals surface area contributed by atoms with Gasteiger partial charge in [-0.3, -0.25) is 4.79 Å². The number of hydrogen-bond donors (Lipinski definition) is 1. The van der Waals surface area contributed by atoms with Crippen LogP contribution in [0, 0.1) is 0 Å². The third kappa shape index (κ3) is 3.68. The van der Waals surface area contributed by atoms with E-state index < -0.39 is 0 Å². The molecule has 2 atom stereocenters. The molecular weight excluding hydrogens is 216 g/mol. The van der Waals surface area contributed by atoms with Gasteiger partial charge in [0.15, 0.2) is 5.43 Å². The quantitative estimate of drug-likeness (QED) is 0.829. The molecule has 1 aliphatic heterocycles. The zero-order valence-corrected chi connectivity index (χ0v) is 10.3. The van der Waals surface area contributed by atoms with Gasteiger partial charge in [-0.05, 0) is 19.8 Å². The summed E-state index contributed by atoms with van der Waals surface area (Å²) in [7, 11) is 0. The molecule has 1 aromatic rings. The van der Waals surface area contributed by atoms with Crippen LogP contribution in [0.4, 0.5) is 0 Å². The van der Waals surface area contributed by atoms with Crippen molar-refractivity contribution in [3.8, 4) is 0 Å². The summed E-state index contributed by atoms with van der Waals surface area (Å²) in [4.78, 5) is 10.9. The predicted octanol–water partition coefficient (Wildman–Crippen LogP) is 1.01. The van der Waals surface area contributed by atoms with Crippen molar-refractivity contribution in [2.75, 3.05) is 13.2 Å². The zero-order valence-electron chi connectivity index (χ0n) is 10.3. The first-order valence-electron chi connectivity index (χ1n) is 6.27. The summed E-state index contributed by atoms with van der Waals surface area (Å²) in [6.45, 7) is 4.83. The highest BCUT2D eigenvalue weighted by Gasteiger charge is 2.21. The number of ether oxygens (including phenoxy) is 1. The van der Waals surface area contributed by atoms with Crippen molar-refractivity contribution in [2.45, 2.75) is 38.5 Å². The molecule has 0 spiro atoms. The third-order valence-electron chi connectivity index (χ3n) is 3.22. The van der Waals surface area contributed by atoms with Gasteiger partial charge in [-0.25, -0.2) is 0 Å². The molecule has 0 saturated carbocycles. The first kappa shape index (κ1) is 12.3. The number of aromatic nitrogens is 1. The molecule has 2 heterocycles. The van der Waals surface area contributed by atoms with Gasteiger partial charge in [0, 0.05) is 50.3 Å². The SMILES string of the molecule is CC(NCCn1ccc(=O)cc1)C1CCCO1. The molecule has 0 aliphatic carbocycles. The molecule has 1 fully saturated rings. The lowest BCUT2D eigenvalue weighted by atomic mass is 10.1. The van der Waals surface area contributed by atoms with E-state index in [1.165, 1.54) is 6.42 Å². The molecule has 1 saturated heterocycles. The maximum atomic E-state index is 10.9. The van der Waals surface area contributed by atoms with Crippen molar-refractivity contribution in [1.29, 1.82) is 0 Å². The Kier molecular flexibility index (Phi) is 4.34. The minimum atomic E-state index is 0.0573. The van der Waals surface area contributed by atoms with Gasteiger partial charge in [0.05, 0.1) is 6.10 Å². The fourth-order valence-electron chi connectivity index (χ4n) is 2.14. The van der Waals surface area contributed by atoms with Gasteiger partial charge in [0.2, 0.25) is 0 Å². The van der Waals surface area contributed by atoms with Crippen LogP contribution in [0.2, 0.25) is 0 Å². The van der Waals surface area contributed by atoms with E-state index in [0.29, 0.717) is 12.1 Å². The Bertz CT molecular complexity index is 376. The van der Waals surface area contributed by atoms with Crippen LogP contribution in [0.15, 0.2) is 29.3 Å². The minimum Gasteiger partial charge on any atom is -0.377 e. The lowest BCUT2D eigenvalue weighted by molar-refractivity contribution is 0.0835. The Morgan fingerprint density at radius 3 is 2.94 bits per heavy atom. The van der Waals surface area contributed by atoms with Crippen LogP contribution >= 0.6 is 0 Å². The summed E-state index contributed by atoms with van der Waals surface area (Å²) in [5.41, 5.74) is 0.0573. The molecular formula is C13H20N2O2. The number of nitrogens with zero attached hydrogens (tertiary/aromatic N) is 1. The average Bonchev–Trinajstić information content (AvgIpc) is 2.85. The van der Waals surface area contributed by atoms with E-state index in [9.17, 15) is 4.79 Å². The van der Waals surface area contributed by atoms with Crippen LogP contribution in [0.25, 0.3) is 0 Å². The Hall–Kier alpha value is -1.13. The molecule has 4 nitrogen and oxygen atoms in total. The van der Waals surface area contributed by atoms with E-state index in [2.05, 4.69) is 12.2 Å². The average molecular weight is 236 g/mol. The molecule has 0 aromatic carbocycles. The Balaban J connectivity index is 1.71. The second-order valence-electron chi connectivity index (χ2n) is 4.57. The second kappa shape index (κ2) is 5.98. The molecule has 0 radical (unpaired) electrons. The number of nitrogens with one attached hydrogen (secondary N) is 1. The Labute approximate surface area is 102 Å². The summed E-state index contributed by atoms with van der Waals surface area (Å²) < 4.78 is 7.63. The first-order chi connectivity index (χ1) is 8.25. The molecule has 2 unspecified atom stereocenters. The molecule has 4 heteroatoms. The number of hydrogen-bond acceptors (Lipinski definition) is 3. The number of pyridine rings is 1. The molecule has 1 aromatic heterocycles. The monoisotopic (exact) mass is 236 g/mol. The van der Waals surface area contributed by atoms with Gasteiger partial charge in [-0.1, -0.05) is 0 Å². The Morgan fingerprint density at radius 1 is 1.53 bits per heavy atom. The summed E-state index contributed by atoms with van der Waals surface area (Å²) in [6, 6.07) is 3.57. The van der Waals surface area contributed by atoms with E-state index in [-0.39, 0.29) is 5.43 Å². The van der Waals surface area contributed by atoms with Crippen molar-refractivity contribution in [2.24, 2.45) is 0 Å². The lowest BCUT2D eigenvalue weighted by Gasteiger charge is -2.20. The summed E-state index contributed by atoms with van der Waals surface area (Å²) in [6.07, 6.45) is 6.34. The summed E-state index contributed by atoms with van der Waals surface area (Å²) in [5, 5.41) is 3.46. The standard InChI is InChI=1S/C13H20N2O2/c1-11(13-3-2-10-17-13)14-6-9-15-7-4-12(16)5-8-15/h4-5,7-8,11,13-14H,2-3,6,9-10H2,1H3. The van der Waals surface area contributed by atoms with Gasteiger partial charge in [0.1, 0.15) is 0 Å². The summed E-state index contributed by atoms with van der Waals surface area (Å²) >= 11 is 0. The predicted molar refractivity (Wildman–Crippen MR) is 67.1 cm³/mol. The van der Waals surface area contributed by atoms with Crippen molar-refractivity contribution < 1.29 is 4.74 Å². The maximum Gasteiger partial charge on any atom is 0.181 e. The van der Waals surface area contributed by atoms with Crippen LogP contribution < -0.4 is 10.7 Å². The largest absolute Gasteiger partial charge is 0.377 e. The molecule has 1 aliphatic rings. The van der Waals surface area contributed by atoms with Gasteiger partial charge in [0.25, 0.3) is 0 Å². The molecule has 2 rings (SSSR count). The smallest absolute Gasteiger partial charge is 0.181 e.